The Bertz CT molecular complexity index is 1480. The number of aliphatic hydroxyl groups excluding tert-OH is 1. The fraction of sp³-hybridized carbons (Fsp3) is 0.778. The molecule has 50 heavy (non-hydrogen) atoms. The van der Waals surface area contributed by atoms with E-state index in [1.54, 1.807) is 0 Å². The Kier molecular flexibility index (Phi) is 9.04. The first kappa shape index (κ1) is 36.2. The number of likely N-dealkylation sites (tertiary alicyclic amines) is 1. The number of aliphatic hydroxyl groups is 1. The highest BCUT2D eigenvalue weighted by molar-refractivity contribution is 5.85. The number of carbonyl (C=O) groups is 2. The number of fused-ring (bicyclic) bond motifs is 7. The van der Waals surface area contributed by atoms with Crippen molar-refractivity contribution < 1.29 is 19.4 Å². The van der Waals surface area contributed by atoms with E-state index in [9.17, 15) is 9.90 Å². The van der Waals surface area contributed by atoms with E-state index in [1.807, 2.05) is 25.1 Å². The summed E-state index contributed by atoms with van der Waals surface area (Å²) in [5.41, 5.74) is 2.10. The fourth-order valence-corrected chi connectivity index (χ4v) is 14.7. The molecule has 1 heterocycles. The molecule has 0 radical (unpaired) electrons. The molecule has 6 aliphatic rings. The second-order valence-corrected chi connectivity index (χ2v) is 19.7. The van der Waals surface area contributed by atoms with Crippen molar-refractivity contribution in [3.05, 3.63) is 48.0 Å². The number of hydrogen-bond donors (Lipinski definition) is 1. The van der Waals surface area contributed by atoms with Crippen LogP contribution in [0.15, 0.2) is 42.5 Å². The van der Waals surface area contributed by atoms with Crippen LogP contribution in [-0.4, -0.2) is 47.7 Å². The van der Waals surface area contributed by atoms with Gasteiger partial charge in [-0.1, -0.05) is 77.1 Å². The topological polar surface area (TPSA) is 66.8 Å². The number of amides is 1. The van der Waals surface area contributed by atoms with Crippen molar-refractivity contribution in [2.24, 2.45) is 62.1 Å². The Morgan fingerprint density at radius 2 is 1.54 bits per heavy atom. The van der Waals surface area contributed by atoms with Crippen molar-refractivity contribution in [2.75, 3.05) is 19.7 Å². The highest BCUT2D eigenvalue weighted by atomic mass is 16.5. The van der Waals surface area contributed by atoms with Gasteiger partial charge in [-0.05, 0) is 154 Å². The monoisotopic (exact) mass is 686 g/mol. The van der Waals surface area contributed by atoms with E-state index >= 15 is 4.79 Å². The summed E-state index contributed by atoms with van der Waals surface area (Å²) >= 11 is 0. The van der Waals surface area contributed by atoms with Gasteiger partial charge in [0.25, 0.3) is 0 Å². The maximum atomic E-state index is 15.2. The largest absolute Gasteiger partial charge is 0.466 e. The van der Waals surface area contributed by atoms with Crippen molar-refractivity contribution in [1.29, 1.82) is 0 Å². The van der Waals surface area contributed by atoms with Crippen LogP contribution >= 0.6 is 0 Å². The molecule has 1 saturated heterocycles. The third kappa shape index (κ3) is 5.07. The van der Waals surface area contributed by atoms with Gasteiger partial charge in [-0.2, -0.15) is 0 Å². The smallest absolute Gasteiger partial charge is 0.312 e. The third-order valence-electron chi connectivity index (χ3n) is 17.6. The van der Waals surface area contributed by atoms with Crippen LogP contribution in [0.2, 0.25) is 0 Å². The van der Waals surface area contributed by atoms with Crippen LogP contribution in [0.25, 0.3) is 0 Å². The molecule has 1 amide bonds. The van der Waals surface area contributed by atoms with Crippen LogP contribution in [0.1, 0.15) is 131 Å². The van der Waals surface area contributed by atoms with Gasteiger partial charge in [0.05, 0.1) is 23.5 Å². The van der Waals surface area contributed by atoms with Gasteiger partial charge < -0.3 is 14.7 Å². The van der Waals surface area contributed by atoms with Crippen molar-refractivity contribution in [1.82, 2.24) is 4.90 Å². The maximum absolute atomic E-state index is 15.2. The lowest BCUT2D eigenvalue weighted by Crippen LogP contribution is -2.67. The molecule has 7 rings (SSSR count). The first-order valence-corrected chi connectivity index (χ1v) is 20.4. The number of esters is 1. The number of allylic oxidation sites excluding steroid dienone is 1. The molecular formula is C45H67NO4. The van der Waals surface area contributed by atoms with Gasteiger partial charge in [0.2, 0.25) is 5.91 Å². The summed E-state index contributed by atoms with van der Waals surface area (Å²) in [4.78, 5) is 31.0. The number of ether oxygens (including phenoxy) is 1. The Labute approximate surface area is 303 Å². The van der Waals surface area contributed by atoms with Gasteiger partial charge in [0.1, 0.15) is 0 Å². The summed E-state index contributed by atoms with van der Waals surface area (Å²) in [6.07, 6.45) is 12.8. The van der Waals surface area contributed by atoms with E-state index < -0.39 is 5.41 Å². The predicted molar refractivity (Wildman–Crippen MR) is 200 cm³/mol. The minimum atomic E-state index is -0.585. The summed E-state index contributed by atoms with van der Waals surface area (Å²) in [5.74, 6) is 2.70. The summed E-state index contributed by atoms with van der Waals surface area (Å²) in [7, 11) is 0. The standard InChI is InChI=1S/C45H67NO4/c1-9-50-39(49)44(29-31-13-11-10-12-14-31)25-27-46(28-26-44)38(48)45-22-17-32(30(2)3)37(45)33-15-16-35-41(6)20-19-36(47)40(4,5)34(41)18-21-43(35,8)42(33,7)23-24-45/h10-14,32-37,47H,2,9,15-29H2,1,3-8H3/t32-,33+,34-,35+,36-,37+,41-,42+,43+,45-/m0/s1. The van der Waals surface area contributed by atoms with Gasteiger partial charge >= 0.3 is 5.97 Å². The van der Waals surface area contributed by atoms with Crippen LogP contribution in [-0.2, 0) is 20.7 Å². The number of rotatable bonds is 6. The molecule has 1 aromatic rings. The number of carbonyl (C=O) groups excluding carboxylic acids is 2. The zero-order valence-electron chi connectivity index (χ0n) is 32.5. The average molecular weight is 686 g/mol. The SMILES string of the molecule is C=C(C)[C@@H]1CC[C@]2(C(=O)N3CCC(Cc4ccccc4)(C(=O)OCC)CC3)CC[C@]3(C)[C@H](CC[C@@H]4[C@@]5(C)CC[C@H](O)C(C)(C)[C@@H]5CC[C@]43C)[C@@H]12. The molecular weight excluding hydrogens is 618 g/mol. The van der Waals surface area contributed by atoms with Crippen molar-refractivity contribution >= 4 is 11.9 Å². The molecule has 5 aliphatic carbocycles. The van der Waals surface area contributed by atoms with E-state index in [4.69, 9.17) is 4.74 Å². The van der Waals surface area contributed by atoms with E-state index in [0.29, 0.717) is 74.5 Å². The quantitative estimate of drug-likeness (QED) is 0.239. The molecule has 1 aliphatic heterocycles. The molecule has 10 atom stereocenters. The highest BCUT2D eigenvalue weighted by Crippen LogP contribution is 2.77. The Balaban J connectivity index is 1.17. The third-order valence-corrected chi connectivity index (χ3v) is 17.6. The summed E-state index contributed by atoms with van der Waals surface area (Å²) in [5, 5.41) is 11.1. The second-order valence-electron chi connectivity index (χ2n) is 19.7. The minimum absolute atomic E-state index is 0.0445. The fourth-order valence-electron chi connectivity index (χ4n) is 14.7. The minimum Gasteiger partial charge on any atom is -0.466 e. The van der Waals surface area contributed by atoms with Crippen LogP contribution in [0.4, 0.5) is 0 Å². The van der Waals surface area contributed by atoms with Crippen LogP contribution < -0.4 is 0 Å². The predicted octanol–water partition coefficient (Wildman–Crippen LogP) is 9.42. The first-order valence-electron chi connectivity index (χ1n) is 20.4. The molecule has 0 spiro atoms. The molecule has 1 aromatic carbocycles. The van der Waals surface area contributed by atoms with E-state index in [-0.39, 0.29) is 39.1 Å². The molecule has 5 nitrogen and oxygen atoms in total. The van der Waals surface area contributed by atoms with Gasteiger partial charge in [0.15, 0.2) is 0 Å². The molecule has 5 saturated carbocycles. The van der Waals surface area contributed by atoms with Gasteiger partial charge in [-0.25, -0.2) is 0 Å². The number of nitrogens with zero attached hydrogens (tertiary/aromatic N) is 1. The van der Waals surface area contributed by atoms with Gasteiger partial charge in [0, 0.05) is 13.1 Å². The van der Waals surface area contributed by atoms with Crippen molar-refractivity contribution in [2.45, 2.75) is 138 Å². The van der Waals surface area contributed by atoms with E-state index in [1.165, 1.54) is 31.3 Å². The van der Waals surface area contributed by atoms with Gasteiger partial charge in [-0.15, -0.1) is 0 Å². The van der Waals surface area contributed by atoms with Crippen LogP contribution in [0, 0.1) is 62.1 Å². The first-order chi connectivity index (χ1) is 23.6. The molecule has 0 bridgehead atoms. The van der Waals surface area contributed by atoms with Crippen LogP contribution in [0.5, 0.6) is 0 Å². The van der Waals surface area contributed by atoms with E-state index in [2.05, 4.69) is 65.2 Å². The zero-order valence-corrected chi connectivity index (χ0v) is 32.5. The van der Waals surface area contributed by atoms with Crippen molar-refractivity contribution in [3.8, 4) is 0 Å². The van der Waals surface area contributed by atoms with Crippen molar-refractivity contribution in [3.63, 3.8) is 0 Å². The highest BCUT2D eigenvalue weighted by Gasteiger charge is 2.72. The molecule has 276 valence electrons. The zero-order chi connectivity index (χ0) is 35.9. The molecule has 5 heteroatoms. The summed E-state index contributed by atoms with van der Waals surface area (Å²) < 4.78 is 5.69. The normalized spacial score (nSPS) is 43.1. The lowest BCUT2D eigenvalue weighted by atomic mass is 9.32. The average Bonchev–Trinajstić information content (AvgIpc) is 3.49. The van der Waals surface area contributed by atoms with Gasteiger partial charge in [-0.3, -0.25) is 9.59 Å². The second kappa shape index (κ2) is 12.5. The Morgan fingerprint density at radius 3 is 2.20 bits per heavy atom. The summed E-state index contributed by atoms with van der Waals surface area (Å²) in [6, 6.07) is 10.3. The Hall–Kier alpha value is -2.14. The lowest BCUT2D eigenvalue weighted by Gasteiger charge is -2.73. The Morgan fingerprint density at radius 1 is 0.840 bits per heavy atom. The maximum Gasteiger partial charge on any atom is 0.312 e. The lowest BCUT2D eigenvalue weighted by molar-refractivity contribution is -0.247. The number of piperidine rings is 1. The van der Waals surface area contributed by atoms with E-state index in [0.717, 1.165) is 44.1 Å². The molecule has 0 unspecified atom stereocenters. The molecule has 6 fully saturated rings. The van der Waals surface area contributed by atoms with Crippen LogP contribution in [0.3, 0.4) is 0 Å². The number of hydrogen-bond acceptors (Lipinski definition) is 4. The molecule has 0 aromatic heterocycles. The number of benzene rings is 1. The molecule has 1 N–H and O–H groups in total. The summed E-state index contributed by atoms with van der Waals surface area (Å²) in [6.45, 7) is 22.9.